The molecule has 0 amide bonds. The quantitative estimate of drug-likeness (QED) is 0.747. The minimum absolute atomic E-state index is 0.765. The summed E-state index contributed by atoms with van der Waals surface area (Å²) in [5, 5.41) is 7.81. The molecule has 0 spiro atoms. The van der Waals surface area contributed by atoms with Crippen LogP contribution in [0.4, 0.5) is 0 Å². The average Bonchev–Trinajstić information content (AvgIpc) is 2.32. The van der Waals surface area contributed by atoms with Crippen molar-refractivity contribution in [2.75, 3.05) is 0 Å². The van der Waals surface area contributed by atoms with Gasteiger partial charge in [0.2, 0.25) is 0 Å². The maximum absolute atomic E-state index is 4.11. The summed E-state index contributed by atoms with van der Waals surface area (Å²) in [6.45, 7) is 0. The SMILES string of the molecule is [CH](CCc1cccnn1)c1ncccn1. The summed E-state index contributed by atoms with van der Waals surface area (Å²) >= 11 is 0. The second-order valence-corrected chi connectivity index (χ2v) is 3.06. The van der Waals surface area contributed by atoms with Crippen LogP contribution in [0.25, 0.3) is 0 Å². The average molecular weight is 199 g/mol. The van der Waals surface area contributed by atoms with E-state index in [4.69, 9.17) is 0 Å². The molecule has 2 aromatic heterocycles. The van der Waals surface area contributed by atoms with E-state index in [1.807, 2.05) is 18.6 Å². The van der Waals surface area contributed by atoms with Gasteiger partial charge in [-0.25, -0.2) is 9.97 Å². The molecule has 0 bridgehead atoms. The van der Waals surface area contributed by atoms with Gasteiger partial charge in [0, 0.05) is 25.0 Å². The fraction of sp³-hybridized carbons (Fsp3) is 0.182. The molecule has 0 saturated heterocycles. The van der Waals surface area contributed by atoms with E-state index in [0.717, 1.165) is 24.4 Å². The van der Waals surface area contributed by atoms with Gasteiger partial charge in [-0.05, 0) is 31.0 Å². The Labute approximate surface area is 88.4 Å². The van der Waals surface area contributed by atoms with Crippen LogP contribution >= 0.6 is 0 Å². The molecule has 2 heterocycles. The van der Waals surface area contributed by atoms with Crippen LogP contribution in [0.1, 0.15) is 17.9 Å². The Morgan fingerprint density at radius 2 is 1.93 bits per heavy atom. The third-order valence-corrected chi connectivity index (χ3v) is 1.94. The number of aryl methyl sites for hydroxylation is 1. The zero-order valence-corrected chi connectivity index (χ0v) is 8.24. The van der Waals surface area contributed by atoms with Crippen molar-refractivity contribution < 1.29 is 0 Å². The molecule has 0 unspecified atom stereocenters. The van der Waals surface area contributed by atoms with Crippen molar-refractivity contribution in [1.29, 1.82) is 0 Å². The Kier molecular flexibility index (Phi) is 3.33. The van der Waals surface area contributed by atoms with Crippen molar-refractivity contribution in [3.63, 3.8) is 0 Å². The van der Waals surface area contributed by atoms with Crippen LogP contribution in [0.15, 0.2) is 36.8 Å². The molecule has 0 aromatic carbocycles. The molecule has 2 rings (SSSR count). The minimum atomic E-state index is 0.765. The predicted octanol–water partition coefficient (Wildman–Crippen LogP) is 1.45. The van der Waals surface area contributed by atoms with E-state index in [9.17, 15) is 0 Å². The van der Waals surface area contributed by atoms with Crippen LogP contribution in [0.3, 0.4) is 0 Å². The lowest BCUT2D eigenvalue weighted by molar-refractivity contribution is 0.839. The summed E-state index contributed by atoms with van der Waals surface area (Å²) in [5.41, 5.74) is 0.990. The van der Waals surface area contributed by atoms with Crippen LogP contribution in [0.2, 0.25) is 0 Å². The highest BCUT2D eigenvalue weighted by Crippen LogP contribution is 2.03. The second kappa shape index (κ2) is 5.14. The van der Waals surface area contributed by atoms with Gasteiger partial charge in [-0.3, -0.25) is 0 Å². The molecule has 15 heavy (non-hydrogen) atoms. The number of rotatable bonds is 4. The molecule has 0 aliphatic heterocycles. The van der Waals surface area contributed by atoms with Gasteiger partial charge in [0.1, 0.15) is 5.82 Å². The summed E-state index contributed by atoms with van der Waals surface area (Å²) in [7, 11) is 0. The van der Waals surface area contributed by atoms with Gasteiger partial charge in [-0.1, -0.05) is 0 Å². The molecule has 75 valence electrons. The number of nitrogens with zero attached hydrogens (tertiary/aromatic N) is 4. The van der Waals surface area contributed by atoms with E-state index < -0.39 is 0 Å². The van der Waals surface area contributed by atoms with E-state index in [0.29, 0.717) is 0 Å². The van der Waals surface area contributed by atoms with Crippen molar-refractivity contribution >= 4 is 0 Å². The summed E-state index contributed by atoms with van der Waals surface area (Å²) in [4.78, 5) is 8.21. The van der Waals surface area contributed by atoms with Crippen LogP contribution in [-0.4, -0.2) is 20.2 Å². The first-order valence-corrected chi connectivity index (χ1v) is 4.82. The van der Waals surface area contributed by atoms with Crippen LogP contribution in [-0.2, 0) is 6.42 Å². The van der Waals surface area contributed by atoms with Crippen molar-refractivity contribution in [2.24, 2.45) is 0 Å². The van der Waals surface area contributed by atoms with E-state index >= 15 is 0 Å². The predicted molar refractivity (Wildman–Crippen MR) is 55.8 cm³/mol. The third kappa shape index (κ3) is 3.09. The molecule has 4 heteroatoms. The Morgan fingerprint density at radius 3 is 2.67 bits per heavy atom. The summed E-state index contributed by atoms with van der Waals surface area (Å²) in [5.74, 6) is 0.765. The molecule has 0 atom stereocenters. The summed E-state index contributed by atoms with van der Waals surface area (Å²) < 4.78 is 0. The van der Waals surface area contributed by atoms with Gasteiger partial charge in [0.15, 0.2) is 0 Å². The molecular weight excluding hydrogens is 188 g/mol. The second-order valence-electron chi connectivity index (χ2n) is 3.06. The topological polar surface area (TPSA) is 51.6 Å². The summed E-state index contributed by atoms with van der Waals surface area (Å²) in [6.07, 6.45) is 8.89. The maximum Gasteiger partial charge on any atom is 0.132 e. The highest BCUT2D eigenvalue weighted by molar-refractivity contribution is 5.04. The smallest absolute Gasteiger partial charge is 0.132 e. The Hall–Kier alpha value is -1.84. The zero-order valence-electron chi connectivity index (χ0n) is 8.24. The Morgan fingerprint density at radius 1 is 1.07 bits per heavy atom. The normalized spacial score (nSPS) is 10.1. The Bertz CT molecular complexity index is 348. The standard InChI is InChI=1S/C11H11N4/c1(4-10-5-2-9-14-15-10)6-11-12-7-3-8-13-11/h2-3,5-9H,1,4H2. The molecule has 4 nitrogen and oxygen atoms in total. The maximum atomic E-state index is 4.11. The molecular formula is C11H11N4. The van der Waals surface area contributed by atoms with E-state index in [-0.39, 0.29) is 0 Å². The fourth-order valence-electron chi connectivity index (χ4n) is 1.23. The molecule has 0 saturated carbocycles. The van der Waals surface area contributed by atoms with Crippen LogP contribution in [0, 0.1) is 6.42 Å². The van der Waals surface area contributed by atoms with Gasteiger partial charge in [0.05, 0.1) is 5.69 Å². The monoisotopic (exact) mass is 199 g/mol. The van der Waals surface area contributed by atoms with Crippen molar-refractivity contribution in [1.82, 2.24) is 20.2 Å². The van der Waals surface area contributed by atoms with Gasteiger partial charge in [-0.2, -0.15) is 10.2 Å². The molecule has 0 aliphatic rings. The van der Waals surface area contributed by atoms with Gasteiger partial charge >= 0.3 is 0 Å². The highest BCUT2D eigenvalue weighted by Gasteiger charge is 1.97. The van der Waals surface area contributed by atoms with E-state index in [2.05, 4.69) is 20.2 Å². The zero-order chi connectivity index (χ0) is 10.3. The number of hydrogen-bond acceptors (Lipinski definition) is 4. The van der Waals surface area contributed by atoms with Crippen LogP contribution < -0.4 is 0 Å². The van der Waals surface area contributed by atoms with Gasteiger partial charge in [0.25, 0.3) is 0 Å². The van der Waals surface area contributed by atoms with Crippen molar-refractivity contribution in [2.45, 2.75) is 12.8 Å². The molecule has 2 aromatic rings. The lowest BCUT2D eigenvalue weighted by Gasteiger charge is -1.98. The molecule has 1 radical (unpaired) electrons. The lowest BCUT2D eigenvalue weighted by Crippen LogP contribution is -1.95. The minimum Gasteiger partial charge on any atom is -0.241 e. The molecule has 0 fully saturated rings. The van der Waals surface area contributed by atoms with E-state index in [1.165, 1.54) is 0 Å². The Balaban J connectivity index is 1.81. The molecule has 0 N–H and O–H groups in total. The van der Waals surface area contributed by atoms with Crippen molar-refractivity contribution in [3.05, 3.63) is 54.7 Å². The lowest BCUT2D eigenvalue weighted by atomic mass is 10.2. The number of hydrogen-bond donors (Lipinski definition) is 0. The third-order valence-electron chi connectivity index (χ3n) is 1.94. The first kappa shape index (κ1) is 9.71. The molecule has 0 aliphatic carbocycles. The number of aromatic nitrogens is 4. The van der Waals surface area contributed by atoms with Crippen molar-refractivity contribution in [3.8, 4) is 0 Å². The first-order valence-electron chi connectivity index (χ1n) is 4.82. The largest absolute Gasteiger partial charge is 0.241 e. The van der Waals surface area contributed by atoms with Gasteiger partial charge < -0.3 is 0 Å². The summed E-state index contributed by atoms with van der Waals surface area (Å²) in [6, 6.07) is 5.66. The fourth-order valence-corrected chi connectivity index (χ4v) is 1.23. The highest BCUT2D eigenvalue weighted by atomic mass is 15.1. The van der Waals surface area contributed by atoms with E-state index in [1.54, 1.807) is 24.7 Å². The first-order chi connectivity index (χ1) is 7.45. The van der Waals surface area contributed by atoms with Gasteiger partial charge in [-0.15, -0.1) is 0 Å². The van der Waals surface area contributed by atoms with Crippen LogP contribution in [0.5, 0.6) is 0 Å².